The molecule has 0 spiro atoms. The van der Waals surface area contributed by atoms with E-state index in [1.807, 2.05) is 12.1 Å². The highest BCUT2D eigenvalue weighted by Gasteiger charge is 2.42. The Labute approximate surface area is 145 Å². The molecule has 0 aliphatic heterocycles. The monoisotopic (exact) mass is 382 g/mol. The SMILES string of the molecule is COc1cc(C2(C(=O)O)CCCCC2)cc(Br)c1OCC1CC1. The van der Waals surface area contributed by atoms with Crippen LogP contribution in [0.1, 0.15) is 50.5 Å². The van der Waals surface area contributed by atoms with Gasteiger partial charge in [-0.25, -0.2) is 0 Å². The highest BCUT2D eigenvalue weighted by molar-refractivity contribution is 9.10. The van der Waals surface area contributed by atoms with Crippen LogP contribution >= 0.6 is 15.9 Å². The summed E-state index contributed by atoms with van der Waals surface area (Å²) < 4.78 is 12.2. The second-order valence-electron chi connectivity index (χ2n) is 6.69. The number of aliphatic carboxylic acids is 1. The molecule has 0 unspecified atom stereocenters. The minimum atomic E-state index is -0.803. The summed E-state index contributed by atoms with van der Waals surface area (Å²) in [6, 6.07) is 3.76. The number of halogens is 1. The maximum atomic E-state index is 12.0. The van der Waals surface area contributed by atoms with Crippen LogP contribution in [0.3, 0.4) is 0 Å². The lowest BCUT2D eigenvalue weighted by Crippen LogP contribution is -2.37. The molecule has 0 heterocycles. The Morgan fingerprint density at radius 1 is 1.30 bits per heavy atom. The van der Waals surface area contributed by atoms with Crippen LogP contribution in [0.4, 0.5) is 0 Å². The normalized spacial score (nSPS) is 20.1. The van der Waals surface area contributed by atoms with Crippen molar-refractivity contribution < 1.29 is 19.4 Å². The van der Waals surface area contributed by atoms with Crippen molar-refractivity contribution >= 4 is 21.9 Å². The molecule has 3 rings (SSSR count). The topological polar surface area (TPSA) is 55.8 Å². The summed E-state index contributed by atoms with van der Waals surface area (Å²) in [6.45, 7) is 0.693. The zero-order valence-electron chi connectivity index (χ0n) is 13.4. The number of hydrogen-bond acceptors (Lipinski definition) is 3. The van der Waals surface area contributed by atoms with E-state index in [1.165, 1.54) is 12.8 Å². The van der Waals surface area contributed by atoms with Gasteiger partial charge in [0.15, 0.2) is 11.5 Å². The zero-order chi connectivity index (χ0) is 16.4. The fourth-order valence-corrected chi connectivity index (χ4v) is 3.96. The first-order chi connectivity index (χ1) is 11.1. The number of ether oxygens (including phenoxy) is 2. The number of methoxy groups -OCH3 is 1. The minimum absolute atomic E-state index is 0.612. The standard InChI is InChI=1S/C18H23BrO4/c1-22-15-10-13(18(17(20)21)7-3-2-4-8-18)9-14(19)16(15)23-11-12-5-6-12/h9-10,12H,2-8,11H2,1H3,(H,20,21). The van der Waals surface area contributed by atoms with Crippen LogP contribution in [-0.2, 0) is 10.2 Å². The van der Waals surface area contributed by atoms with Gasteiger partial charge in [-0.2, -0.15) is 0 Å². The Morgan fingerprint density at radius 3 is 2.57 bits per heavy atom. The van der Waals surface area contributed by atoms with E-state index in [1.54, 1.807) is 7.11 Å². The van der Waals surface area contributed by atoms with Crippen LogP contribution in [0.15, 0.2) is 16.6 Å². The fraction of sp³-hybridized carbons (Fsp3) is 0.611. The molecule has 0 amide bonds. The summed E-state index contributed by atoms with van der Waals surface area (Å²) in [7, 11) is 1.60. The van der Waals surface area contributed by atoms with Crippen molar-refractivity contribution in [1.82, 2.24) is 0 Å². The maximum absolute atomic E-state index is 12.0. The van der Waals surface area contributed by atoms with Crippen LogP contribution in [-0.4, -0.2) is 24.8 Å². The first kappa shape index (κ1) is 16.6. The molecule has 0 bridgehead atoms. The highest BCUT2D eigenvalue weighted by Crippen LogP contribution is 2.46. The lowest BCUT2D eigenvalue weighted by atomic mass is 9.69. The van der Waals surface area contributed by atoms with Crippen molar-refractivity contribution in [2.75, 3.05) is 13.7 Å². The predicted molar refractivity (Wildman–Crippen MR) is 91.3 cm³/mol. The molecule has 5 heteroatoms. The van der Waals surface area contributed by atoms with Gasteiger partial charge in [-0.3, -0.25) is 4.79 Å². The molecule has 0 saturated heterocycles. The molecule has 1 N–H and O–H groups in total. The summed E-state index contributed by atoms with van der Waals surface area (Å²) in [6.07, 6.45) is 6.81. The molecule has 2 fully saturated rings. The number of carbonyl (C=O) groups is 1. The Hall–Kier alpha value is -1.23. The smallest absolute Gasteiger partial charge is 0.314 e. The Morgan fingerprint density at radius 2 is 2.00 bits per heavy atom. The first-order valence-electron chi connectivity index (χ1n) is 8.31. The van der Waals surface area contributed by atoms with E-state index in [-0.39, 0.29) is 0 Å². The van der Waals surface area contributed by atoms with Gasteiger partial charge < -0.3 is 14.6 Å². The third-order valence-corrected chi connectivity index (χ3v) is 5.65. The molecule has 4 nitrogen and oxygen atoms in total. The lowest BCUT2D eigenvalue weighted by molar-refractivity contribution is -0.145. The number of rotatable bonds is 6. The summed E-state index contributed by atoms with van der Waals surface area (Å²) in [5.74, 6) is 1.20. The molecule has 2 aliphatic rings. The fourth-order valence-electron chi connectivity index (χ4n) is 3.40. The van der Waals surface area contributed by atoms with Crippen molar-refractivity contribution in [3.63, 3.8) is 0 Å². The Bertz CT molecular complexity index is 589. The van der Waals surface area contributed by atoms with E-state index < -0.39 is 11.4 Å². The van der Waals surface area contributed by atoms with Crippen molar-refractivity contribution in [2.24, 2.45) is 5.92 Å². The van der Waals surface area contributed by atoms with Gasteiger partial charge in [-0.1, -0.05) is 19.3 Å². The molecule has 0 radical (unpaired) electrons. The molecular formula is C18H23BrO4. The van der Waals surface area contributed by atoms with Crippen LogP contribution in [0.25, 0.3) is 0 Å². The van der Waals surface area contributed by atoms with E-state index in [2.05, 4.69) is 15.9 Å². The van der Waals surface area contributed by atoms with Crippen molar-refractivity contribution in [3.8, 4) is 11.5 Å². The second kappa shape index (κ2) is 6.71. The average Bonchev–Trinajstić information content (AvgIpc) is 3.37. The lowest BCUT2D eigenvalue weighted by Gasteiger charge is -2.34. The van der Waals surface area contributed by atoms with Gasteiger partial charge in [0.1, 0.15) is 0 Å². The third kappa shape index (κ3) is 3.35. The van der Waals surface area contributed by atoms with E-state index in [9.17, 15) is 9.90 Å². The van der Waals surface area contributed by atoms with Crippen molar-refractivity contribution in [2.45, 2.75) is 50.4 Å². The van der Waals surface area contributed by atoms with Gasteiger partial charge in [0, 0.05) is 0 Å². The van der Waals surface area contributed by atoms with Crippen LogP contribution in [0.2, 0.25) is 0 Å². The van der Waals surface area contributed by atoms with Crippen LogP contribution in [0.5, 0.6) is 11.5 Å². The molecule has 2 aliphatic carbocycles. The van der Waals surface area contributed by atoms with Gasteiger partial charge >= 0.3 is 5.97 Å². The van der Waals surface area contributed by atoms with Gasteiger partial charge in [0.05, 0.1) is 23.6 Å². The quantitative estimate of drug-likeness (QED) is 0.784. The molecule has 0 aromatic heterocycles. The Kier molecular flexibility index (Phi) is 4.85. The minimum Gasteiger partial charge on any atom is -0.493 e. The molecule has 23 heavy (non-hydrogen) atoms. The van der Waals surface area contributed by atoms with Gasteiger partial charge in [-0.15, -0.1) is 0 Å². The number of carboxylic acid groups (broad SMARTS) is 1. The van der Waals surface area contributed by atoms with Gasteiger partial charge in [0.2, 0.25) is 0 Å². The van der Waals surface area contributed by atoms with E-state index in [4.69, 9.17) is 9.47 Å². The highest BCUT2D eigenvalue weighted by atomic mass is 79.9. The number of benzene rings is 1. The summed E-state index contributed by atoms with van der Waals surface area (Å²) in [4.78, 5) is 12.0. The zero-order valence-corrected chi connectivity index (χ0v) is 15.0. The van der Waals surface area contributed by atoms with Crippen LogP contribution < -0.4 is 9.47 Å². The average molecular weight is 383 g/mol. The molecule has 126 valence electrons. The van der Waals surface area contributed by atoms with E-state index >= 15 is 0 Å². The molecule has 2 saturated carbocycles. The molecular weight excluding hydrogens is 360 g/mol. The van der Waals surface area contributed by atoms with E-state index in [0.29, 0.717) is 36.9 Å². The second-order valence-corrected chi connectivity index (χ2v) is 7.55. The first-order valence-corrected chi connectivity index (χ1v) is 9.10. The molecule has 1 aromatic carbocycles. The summed E-state index contributed by atoms with van der Waals surface area (Å²) >= 11 is 3.55. The van der Waals surface area contributed by atoms with Gasteiger partial charge in [-0.05, 0) is 65.2 Å². The van der Waals surface area contributed by atoms with Gasteiger partial charge in [0.25, 0.3) is 0 Å². The predicted octanol–water partition coefficient (Wildman–Crippen LogP) is 4.53. The number of hydrogen-bond donors (Lipinski definition) is 1. The Balaban J connectivity index is 1.95. The largest absolute Gasteiger partial charge is 0.493 e. The molecule has 1 aromatic rings. The van der Waals surface area contributed by atoms with E-state index in [0.717, 1.165) is 29.3 Å². The molecule has 0 atom stereocenters. The summed E-state index contributed by atoms with van der Waals surface area (Å²) in [5, 5.41) is 9.86. The van der Waals surface area contributed by atoms with Crippen molar-refractivity contribution in [3.05, 3.63) is 22.2 Å². The maximum Gasteiger partial charge on any atom is 0.314 e. The van der Waals surface area contributed by atoms with Crippen molar-refractivity contribution in [1.29, 1.82) is 0 Å². The summed E-state index contributed by atoms with van der Waals surface area (Å²) in [5.41, 5.74) is 0.00971. The third-order valence-electron chi connectivity index (χ3n) is 5.06. The van der Waals surface area contributed by atoms with Crippen LogP contribution in [0, 0.1) is 5.92 Å². The number of carboxylic acids is 1.